The van der Waals surface area contributed by atoms with Gasteiger partial charge in [-0.1, -0.05) is 13.8 Å². The normalized spacial score (nSPS) is 43.0. The molecule has 1 saturated heterocycles. The minimum atomic E-state index is 0.479. The molecule has 1 saturated carbocycles. The van der Waals surface area contributed by atoms with Gasteiger partial charge in [0.1, 0.15) is 0 Å². The second kappa shape index (κ2) is 3.22. The number of rotatable bonds is 2. The summed E-state index contributed by atoms with van der Waals surface area (Å²) < 4.78 is 0. The summed E-state index contributed by atoms with van der Waals surface area (Å²) in [6.07, 6.45) is 4.22. The Hall–Kier alpha value is 0.310. The summed E-state index contributed by atoms with van der Waals surface area (Å²) in [6, 6.07) is 0. The van der Waals surface area contributed by atoms with Gasteiger partial charge >= 0.3 is 0 Å². The second-order valence-electron chi connectivity index (χ2n) is 4.31. The van der Waals surface area contributed by atoms with Crippen LogP contribution in [0.3, 0.4) is 0 Å². The lowest BCUT2D eigenvalue weighted by molar-refractivity contribution is 0.362. The summed E-state index contributed by atoms with van der Waals surface area (Å²) in [5.74, 6) is 3.21. The minimum absolute atomic E-state index is 0.479. The Morgan fingerprint density at radius 3 is 2.67 bits per heavy atom. The van der Waals surface area contributed by atoms with Crippen molar-refractivity contribution in [3.05, 3.63) is 0 Å². The van der Waals surface area contributed by atoms with Gasteiger partial charge in [-0.25, -0.2) is 0 Å². The first-order chi connectivity index (χ1) is 5.77. The Morgan fingerprint density at radius 2 is 2.25 bits per heavy atom. The quantitative estimate of drug-likeness (QED) is 0.709. The van der Waals surface area contributed by atoms with Gasteiger partial charge in [0.2, 0.25) is 0 Å². The molecule has 2 aliphatic rings. The molecule has 2 rings (SSSR count). The van der Waals surface area contributed by atoms with E-state index in [0.29, 0.717) is 4.87 Å². The molecule has 1 heterocycles. The van der Waals surface area contributed by atoms with E-state index in [1.807, 2.05) is 0 Å². The van der Waals surface area contributed by atoms with Gasteiger partial charge in [0.25, 0.3) is 0 Å². The van der Waals surface area contributed by atoms with Crippen LogP contribution in [0.25, 0.3) is 0 Å². The van der Waals surface area contributed by atoms with Gasteiger partial charge in [0.15, 0.2) is 0 Å². The largest absolute Gasteiger partial charge is 0.302 e. The highest BCUT2D eigenvalue weighted by Gasteiger charge is 2.45. The summed E-state index contributed by atoms with van der Waals surface area (Å²) in [5, 5.41) is 3.76. The monoisotopic (exact) mass is 185 g/mol. The summed E-state index contributed by atoms with van der Waals surface area (Å²) in [6.45, 7) is 5.90. The third kappa shape index (κ3) is 1.51. The van der Waals surface area contributed by atoms with Crippen molar-refractivity contribution in [3.8, 4) is 0 Å². The van der Waals surface area contributed by atoms with E-state index in [-0.39, 0.29) is 0 Å². The highest BCUT2D eigenvalue weighted by atomic mass is 32.2. The molecule has 0 spiro atoms. The fraction of sp³-hybridized carbons (Fsp3) is 1.00. The molecule has 0 radical (unpaired) electrons. The van der Waals surface area contributed by atoms with E-state index in [1.165, 1.54) is 31.6 Å². The summed E-state index contributed by atoms with van der Waals surface area (Å²) in [5.41, 5.74) is 0. The molecule has 2 unspecified atom stereocenters. The first-order valence-corrected chi connectivity index (χ1v) is 6.14. The van der Waals surface area contributed by atoms with E-state index < -0.39 is 0 Å². The molecule has 1 aliphatic carbocycles. The van der Waals surface area contributed by atoms with E-state index in [1.54, 1.807) is 0 Å². The molecule has 0 aromatic heterocycles. The molecule has 1 nitrogen and oxygen atoms in total. The molecule has 0 amide bonds. The van der Waals surface area contributed by atoms with Gasteiger partial charge in [-0.2, -0.15) is 0 Å². The molecule has 1 N–H and O–H groups in total. The maximum Gasteiger partial charge on any atom is 0.0671 e. The van der Waals surface area contributed by atoms with Gasteiger partial charge in [0.05, 0.1) is 4.87 Å². The number of nitrogens with one attached hydrogen (secondary N) is 1. The molecule has 2 atom stereocenters. The Bertz CT molecular complexity index is 157. The van der Waals surface area contributed by atoms with Crippen LogP contribution in [0, 0.1) is 11.8 Å². The Kier molecular flexibility index (Phi) is 2.39. The van der Waals surface area contributed by atoms with E-state index in [2.05, 4.69) is 30.9 Å². The highest BCUT2D eigenvalue weighted by Crippen LogP contribution is 2.49. The third-order valence-corrected chi connectivity index (χ3v) is 5.15. The maximum atomic E-state index is 3.76. The smallest absolute Gasteiger partial charge is 0.0671 e. The van der Waals surface area contributed by atoms with Crippen molar-refractivity contribution in [1.29, 1.82) is 0 Å². The zero-order chi connectivity index (χ0) is 8.60. The summed E-state index contributed by atoms with van der Waals surface area (Å²) in [4.78, 5) is 0.479. The topological polar surface area (TPSA) is 12.0 Å². The molecule has 12 heavy (non-hydrogen) atoms. The lowest BCUT2D eigenvalue weighted by atomic mass is 10.1. The molecule has 0 aromatic carbocycles. The van der Waals surface area contributed by atoms with E-state index in [0.717, 1.165) is 11.8 Å². The van der Waals surface area contributed by atoms with Crippen molar-refractivity contribution in [2.24, 2.45) is 11.8 Å². The van der Waals surface area contributed by atoms with Crippen LogP contribution in [0.1, 0.15) is 33.1 Å². The van der Waals surface area contributed by atoms with Crippen LogP contribution < -0.4 is 5.32 Å². The zero-order valence-electron chi connectivity index (χ0n) is 8.10. The maximum absolute atomic E-state index is 3.76. The van der Waals surface area contributed by atoms with Crippen molar-refractivity contribution >= 4 is 11.8 Å². The molecule has 0 aromatic rings. The van der Waals surface area contributed by atoms with Crippen molar-refractivity contribution in [2.45, 2.75) is 38.0 Å². The average Bonchev–Trinajstić information content (AvgIpc) is 2.90. The van der Waals surface area contributed by atoms with Crippen molar-refractivity contribution in [1.82, 2.24) is 5.32 Å². The summed E-state index contributed by atoms with van der Waals surface area (Å²) >= 11 is 2.18. The molecule has 70 valence electrons. The average molecular weight is 185 g/mol. The second-order valence-corrected chi connectivity index (χ2v) is 5.66. The fourth-order valence-corrected chi connectivity index (χ4v) is 3.64. The van der Waals surface area contributed by atoms with Gasteiger partial charge < -0.3 is 5.32 Å². The van der Waals surface area contributed by atoms with Crippen LogP contribution in [-0.2, 0) is 0 Å². The predicted molar refractivity (Wildman–Crippen MR) is 55.4 cm³/mol. The third-order valence-electron chi connectivity index (χ3n) is 3.14. The summed E-state index contributed by atoms with van der Waals surface area (Å²) in [7, 11) is 0. The van der Waals surface area contributed by atoms with Crippen LogP contribution in [0.4, 0.5) is 0 Å². The number of thioether (sulfide) groups is 1. The molecular weight excluding hydrogens is 166 g/mol. The minimum Gasteiger partial charge on any atom is -0.302 e. The van der Waals surface area contributed by atoms with Crippen LogP contribution in [0.2, 0.25) is 0 Å². The zero-order valence-corrected chi connectivity index (χ0v) is 8.91. The Labute approximate surface area is 79.7 Å². The van der Waals surface area contributed by atoms with Crippen LogP contribution in [0.5, 0.6) is 0 Å². The van der Waals surface area contributed by atoms with Crippen LogP contribution in [-0.4, -0.2) is 17.2 Å². The Morgan fingerprint density at radius 1 is 1.50 bits per heavy atom. The van der Waals surface area contributed by atoms with Crippen molar-refractivity contribution in [2.75, 3.05) is 12.3 Å². The van der Waals surface area contributed by atoms with E-state index in [4.69, 9.17) is 0 Å². The van der Waals surface area contributed by atoms with Crippen molar-refractivity contribution < 1.29 is 0 Å². The number of hydrogen-bond acceptors (Lipinski definition) is 2. The number of hydrogen-bond donors (Lipinski definition) is 1. The Balaban J connectivity index is 1.98. The van der Waals surface area contributed by atoms with E-state index in [9.17, 15) is 0 Å². The van der Waals surface area contributed by atoms with Gasteiger partial charge in [-0.15, -0.1) is 11.8 Å². The van der Waals surface area contributed by atoms with Gasteiger partial charge in [-0.05, 0) is 43.4 Å². The molecule has 0 bridgehead atoms. The standard InChI is InChI=1S/C10H19NS/c1-3-10(9-4-5-9)11-6-8(2)7-12-10/h8-9,11H,3-7H2,1-2H3. The van der Waals surface area contributed by atoms with Gasteiger partial charge in [0, 0.05) is 0 Å². The molecule has 1 aliphatic heterocycles. The molecule has 2 heteroatoms. The van der Waals surface area contributed by atoms with E-state index >= 15 is 0 Å². The first kappa shape index (κ1) is 8.89. The molecule has 2 fully saturated rings. The lowest BCUT2D eigenvalue weighted by Crippen LogP contribution is -2.50. The molecular formula is C10H19NS. The van der Waals surface area contributed by atoms with Gasteiger partial charge in [-0.3, -0.25) is 0 Å². The van der Waals surface area contributed by atoms with Crippen LogP contribution in [0.15, 0.2) is 0 Å². The predicted octanol–water partition coefficient (Wildman–Crippen LogP) is 2.48. The van der Waals surface area contributed by atoms with Crippen molar-refractivity contribution in [3.63, 3.8) is 0 Å². The highest BCUT2D eigenvalue weighted by molar-refractivity contribution is 8.00. The lowest BCUT2D eigenvalue weighted by Gasteiger charge is -2.40. The van der Waals surface area contributed by atoms with Crippen LogP contribution >= 0.6 is 11.8 Å². The fourth-order valence-electron chi connectivity index (χ4n) is 2.08. The SMILES string of the molecule is CCC1(C2CC2)NCC(C)CS1. The first-order valence-electron chi connectivity index (χ1n) is 5.16.